The second kappa shape index (κ2) is 16.1. The van der Waals surface area contributed by atoms with Gasteiger partial charge in [0.15, 0.2) is 0 Å². The van der Waals surface area contributed by atoms with Gasteiger partial charge in [0.2, 0.25) is 0 Å². The van der Waals surface area contributed by atoms with Crippen molar-refractivity contribution in [2.24, 2.45) is 0 Å². The van der Waals surface area contributed by atoms with Gasteiger partial charge in [0.25, 0.3) is 5.82 Å². The van der Waals surface area contributed by atoms with Crippen LogP contribution in [0.3, 0.4) is 0 Å². The van der Waals surface area contributed by atoms with Crippen LogP contribution in [0.1, 0.15) is 13.1 Å². The summed E-state index contributed by atoms with van der Waals surface area (Å²) in [5.74, 6) is 0.436. The van der Waals surface area contributed by atoms with Crippen LogP contribution in [0.5, 0.6) is 0 Å². The quantitative estimate of drug-likeness (QED) is 0.156. The van der Waals surface area contributed by atoms with Crippen LogP contribution in [0.4, 0.5) is 5.82 Å². The van der Waals surface area contributed by atoms with Crippen LogP contribution in [0, 0.1) is 37.2 Å². The molecule has 0 bridgehead atoms. The molecule has 0 aliphatic carbocycles. The minimum absolute atomic E-state index is 0. The van der Waals surface area contributed by atoms with Gasteiger partial charge in [-0.2, -0.15) is 0 Å². The molecule has 0 atom stereocenters. The summed E-state index contributed by atoms with van der Waals surface area (Å²) in [5.41, 5.74) is 1.06. The van der Waals surface area contributed by atoms with Crippen molar-refractivity contribution in [3.8, 4) is 0 Å². The van der Waals surface area contributed by atoms with E-state index in [1.165, 1.54) is 10.8 Å². The fourth-order valence-electron chi connectivity index (χ4n) is 2.43. The molecular formula is C23H17Br2N5Zn. The number of benzene rings is 2. The van der Waals surface area contributed by atoms with Crippen LogP contribution in [0.15, 0.2) is 69.9 Å². The number of hydrogen-bond donors (Lipinski definition) is 0. The molecule has 5 nitrogen and oxygen atoms in total. The summed E-state index contributed by atoms with van der Waals surface area (Å²) in [5, 5.41) is 17.0. The Hall–Kier alpha value is -2.69. The van der Waals surface area contributed by atoms with E-state index in [9.17, 15) is 0 Å². The summed E-state index contributed by atoms with van der Waals surface area (Å²) < 4.78 is 2.11. The van der Waals surface area contributed by atoms with Crippen molar-refractivity contribution in [3.05, 3.63) is 100 Å². The summed E-state index contributed by atoms with van der Waals surface area (Å²) in [6.07, 6.45) is 3.61. The molecule has 0 aliphatic rings. The molecule has 2 heterocycles. The molecule has 0 spiro atoms. The second-order valence-corrected chi connectivity index (χ2v) is 7.11. The molecule has 0 aliphatic heterocycles. The molecule has 0 unspecified atom stereocenters. The Kier molecular flexibility index (Phi) is 15.8. The van der Waals surface area contributed by atoms with Gasteiger partial charge >= 0.3 is 19.5 Å². The number of aromatic nitrogens is 2. The van der Waals surface area contributed by atoms with Crippen molar-refractivity contribution in [2.45, 2.75) is 14.4 Å². The first-order chi connectivity index (χ1) is 14.1. The van der Waals surface area contributed by atoms with Gasteiger partial charge in [-0.05, 0) is 42.0 Å². The average molecular weight is 589 g/mol. The van der Waals surface area contributed by atoms with E-state index < -0.39 is 0 Å². The molecule has 2 aromatic carbocycles. The van der Waals surface area contributed by atoms with E-state index in [2.05, 4.69) is 58.8 Å². The predicted molar refractivity (Wildman–Crippen MR) is 127 cm³/mol. The van der Waals surface area contributed by atoms with Gasteiger partial charge in [-0.25, -0.2) is 0 Å². The molecule has 0 amide bonds. The molecule has 0 fully saturated rings. The maximum absolute atomic E-state index is 6.82. The summed E-state index contributed by atoms with van der Waals surface area (Å²) in [6.45, 7) is 18.3. The molecule has 4 rings (SSSR count). The van der Waals surface area contributed by atoms with Crippen molar-refractivity contribution in [2.75, 3.05) is 0 Å². The molecule has 0 saturated heterocycles. The summed E-state index contributed by atoms with van der Waals surface area (Å²) in [6, 6.07) is 15.9. The average Bonchev–Trinajstić information content (AvgIpc) is 2.77. The fraction of sp³-hybridized carbons (Fsp3) is 0.0870. The van der Waals surface area contributed by atoms with Gasteiger partial charge < -0.3 is 28.5 Å². The fourth-order valence-corrected chi connectivity index (χ4v) is 3.40. The van der Waals surface area contributed by atoms with E-state index in [1.54, 1.807) is 12.3 Å². The van der Waals surface area contributed by atoms with Gasteiger partial charge in [0.1, 0.15) is 6.20 Å². The van der Waals surface area contributed by atoms with Crippen LogP contribution < -0.4 is 0 Å². The van der Waals surface area contributed by atoms with Gasteiger partial charge in [-0.15, -0.1) is 4.98 Å². The number of hydrogen-bond acceptors (Lipinski definition) is 4. The minimum Gasteiger partial charge on any atom is -0.512 e. The van der Waals surface area contributed by atoms with Crippen molar-refractivity contribution in [1.29, 1.82) is 10.5 Å². The third-order valence-electron chi connectivity index (χ3n) is 3.66. The van der Waals surface area contributed by atoms with Crippen LogP contribution in [0.2, 0.25) is 0 Å². The maximum atomic E-state index is 6.82. The largest absolute Gasteiger partial charge is 2.00 e. The number of halogens is 2. The first-order valence-corrected chi connectivity index (χ1v) is 9.54. The van der Waals surface area contributed by atoms with E-state index in [1.807, 2.05) is 43.5 Å². The minimum atomic E-state index is 0. The third kappa shape index (κ3) is 8.52. The van der Waals surface area contributed by atoms with Crippen molar-refractivity contribution in [1.82, 2.24) is 9.97 Å². The molecule has 150 valence electrons. The third-order valence-corrected chi connectivity index (χ3v) is 5.04. The zero-order chi connectivity index (χ0) is 21.8. The SMILES string of the molecule is C.Cc1cc2cccc(Br)c2cn1.[C-]#N.[C-]#N.[C-]#[N+]c1cc2cccc(Br)c2cn1.[Zn+2]. The summed E-state index contributed by atoms with van der Waals surface area (Å²) in [4.78, 5) is 11.5. The van der Waals surface area contributed by atoms with Crippen molar-refractivity contribution >= 4 is 59.2 Å². The first kappa shape index (κ1) is 30.5. The van der Waals surface area contributed by atoms with Gasteiger partial charge in [0, 0.05) is 31.6 Å². The zero-order valence-electron chi connectivity index (χ0n) is 16.0. The Morgan fingerprint density at radius 1 is 0.806 bits per heavy atom. The predicted octanol–water partition coefficient (Wildman–Crippen LogP) is 7.68. The Morgan fingerprint density at radius 3 is 1.74 bits per heavy atom. The Morgan fingerprint density at radius 2 is 1.26 bits per heavy atom. The van der Waals surface area contributed by atoms with E-state index in [4.69, 9.17) is 30.2 Å². The number of nitrogens with zero attached hydrogens (tertiary/aromatic N) is 5. The zero-order valence-corrected chi connectivity index (χ0v) is 22.1. The van der Waals surface area contributed by atoms with Crippen LogP contribution in [-0.2, 0) is 19.5 Å². The molecule has 0 N–H and O–H groups in total. The monoisotopic (exact) mass is 585 g/mol. The maximum Gasteiger partial charge on any atom is 2.00 e. The first-order valence-electron chi connectivity index (χ1n) is 7.96. The van der Waals surface area contributed by atoms with Crippen LogP contribution in [-0.4, -0.2) is 9.97 Å². The van der Waals surface area contributed by atoms with Gasteiger partial charge in [0.05, 0.1) is 0 Å². The van der Waals surface area contributed by atoms with Crippen molar-refractivity contribution in [3.63, 3.8) is 0 Å². The molecule has 0 saturated carbocycles. The molecule has 4 aromatic rings. The molecule has 8 heteroatoms. The molecular weight excluding hydrogens is 571 g/mol. The Labute approximate surface area is 212 Å². The van der Waals surface area contributed by atoms with Crippen LogP contribution in [0.25, 0.3) is 26.4 Å². The second-order valence-electron chi connectivity index (χ2n) is 5.40. The molecule has 0 radical (unpaired) electrons. The number of rotatable bonds is 0. The standard InChI is InChI=1S/C10H5BrN2.C10H8BrN.2CN.CH4.Zn/c1-12-10-5-7-3-2-4-9(11)8(7)6-13-10;1-7-5-8-3-2-4-10(11)9(8)6-12-7;2*1-2;;/h2-6H;2-6H,1H3;;;1H4;/q;;2*-1;;+2. The normalized spacial score (nSPS) is 8.32. The van der Waals surface area contributed by atoms with E-state index >= 15 is 0 Å². The van der Waals surface area contributed by atoms with Gasteiger partial charge in [-0.3, -0.25) is 4.98 Å². The van der Waals surface area contributed by atoms with E-state index in [0.717, 1.165) is 25.4 Å². The van der Waals surface area contributed by atoms with Gasteiger partial charge in [-0.1, -0.05) is 70.1 Å². The van der Waals surface area contributed by atoms with E-state index in [0.29, 0.717) is 5.82 Å². The number of aryl methyl sites for hydroxylation is 1. The molecule has 31 heavy (non-hydrogen) atoms. The molecule has 2 aromatic heterocycles. The van der Waals surface area contributed by atoms with Crippen LogP contribution >= 0.6 is 31.9 Å². The smallest absolute Gasteiger partial charge is 0.512 e. The Balaban J connectivity index is 0. The number of fused-ring (bicyclic) bond motifs is 2. The Bertz CT molecular complexity index is 1190. The number of pyridine rings is 2. The van der Waals surface area contributed by atoms with E-state index in [-0.39, 0.29) is 26.9 Å². The van der Waals surface area contributed by atoms with Crippen molar-refractivity contribution < 1.29 is 19.5 Å². The topological polar surface area (TPSA) is 77.7 Å². The summed E-state index contributed by atoms with van der Waals surface area (Å²) in [7, 11) is 0. The summed E-state index contributed by atoms with van der Waals surface area (Å²) >= 11 is 6.91.